The van der Waals surface area contributed by atoms with Crippen LogP contribution in [0.4, 0.5) is 5.13 Å². The first-order chi connectivity index (χ1) is 15.4. The van der Waals surface area contributed by atoms with Crippen LogP contribution in [0.2, 0.25) is 10.0 Å². The minimum Gasteiger partial charge on any atom is -0.362 e. The van der Waals surface area contributed by atoms with Gasteiger partial charge < -0.3 is 5.32 Å². The molecular formula is C24H19Cl2N3O2S. The van der Waals surface area contributed by atoms with Gasteiger partial charge in [-0.05, 0) is 49.6 Å². The molecule has 0 spiro atoms. The number of nitrogens with zero attached hydrogens (tertiary/aromatic N) is 1. The van der Waals surface area contributed by atoms with Crippen LogP contribution in [-0.2, 0) is 9.59 Å². The van der Waals surface area contributed by atoms with Gasteiger partial charge in [-0.3, -0.25) is 14.9 Å². The summed E-state index contributed by atoms with van der Waals surface area (Å²) in [6, 6.07) is 12.9. The van der Waals surface area contributed by atoms with Gasteiger partial charge in [0.1, 0.15) is 0 Å². The number of benzene rings is 2. The van der Waals surface area contributed by atoms with Gasteiger partial charge in [0.15, 0.2) is 10.9 Å². The van der Waals surface area contributed by atoms with Crippen molar-refractivity contribution in [1.82, 2.24) is 10.3 Å². The summed E-state index contributed by atoms with van der Waals surface area (Å²) in [5.74, 6) is -0.847. The lowest BCUT2D eigenvalue weighted by atomic mass is 9.75. The maximum Gasteiger partial charge on any atom is 0.256 e. The van der Waals surface area contributed by atoms with E-state index in [0.717, 1.165) is 28.8 Å². The van der Waals surface area contributed by atoms with Gasteiger partial charge in [0.05, 0.1) is 10.2 Å². The zero-order valence-corrected chi connectivity index (χ0v) is 19.5. The molecule has 1 aromatic heterocycles. The molecule has 8 heteroatoms. The highest BCUT2D eigenvalue weighted by atomic mass is 35.5. The average Bonchev–Trinajstić information content (AvgIpc) is 3.15. The van der Waals surface area contributed by atoms with Crippen LogP contribution < -0.4 is 10.6 Å². The molecular weight excluding hydrogens is 465 g/mol. The second kappa shape index (κ2) is 8.35. The van der Waals surface area contributed by atoms with Gasteiger partial charge in [0.2, 0.25) is 0 Å². The Hall–Kier alpha value is -2.67. The zero-order chi connectivity index (χ0) is 22.4. The molecule has 3 aromatic rings. The predicted octanol–water partition coefficient (Wildman–Crippen LogP) is 6.21. The second-order valence-corrected chi connectivity index (χ2v) is 9.75. The number of carbonyl (C=O) groups is 2. The normalized spacial score (nSPS) is 18.6. The second-order valence-electron chi connectivity index (χ2n) is 7.87. The van der Waals surface area contributed by atoms with Crippen molar-refractivity contribution in [2.75, 3.05) is 5.32 Å². The van der Waals surface area contributed by atoms with E-state index >= 15 is 0 Å². The Morgan fingerprint density at radius 2 is 2.00 bits per heavy atom. The van der Waals surface area contributed by atoms with Gasteiger partial charge in [-0.1, -0.05) is 52.7 Å². The highest BCUT2D eigenvalue weighted by molar-refractivity contribution is 7.22. The number of halogens is 2. The fraction of sp³-hybridized carbons (Fsp3) is 0.208. The maximum atomic E-state index is 13.6. The number of ketones is 1. The summed E-state index contributed by atoms with van der Waals surface area (Å²) in [6.45, 7) is 1.85. The van der Waals surface area contributed by atoms with E-state index < -0.39 is 5.92 Å². The molecule has 1 atom stereocenters. The van der Waals surface area contributed by atoms with Crippen molar-refractivity contribution in [2.24, 2.45) is 0 Å². The highest BCUT2D eigenvalue weighted by Crippen LogP contribution is 2.45. The summed E-state index contributed by atoms with van der Waals surface area (Å²) in [5, 5.41) is 7.68. The van der Waals surface area contributed by atoms with E-state index in [1.165, 1.54) is 11.3 Å². The Balaban J connectivity index is 1.59. The van der Waals surface area contributed by atoms with Crippen molar-refractivity contribution >= 4 is 61.6 Å². The summed E-state index contributed by atoms with van der Waals surface area (Å²) >= 11 is 14.1. The molecule has 0 radical (unpaired) electrons. The van der Waals surface area contributed by atoms with Crippen molar-refractivity contribution in [1.29, 1.82) is 0 Å². The molecule has 0 saturated carbocycles. The van der Waals surface area contributed by atoms with Crippen LogP contribution in [0.3, 0.4) is 0 Å². The van der Waals surface area contributed by atoms with E-state index in [-0.39, 0.29) is 11.7 Å². The largest absolute Gasteiger partial charge is 0.362 e. The van der Waals surface area contributed by atoms with E-state index in [1.54, 1.807) is 18.2 Å². The number of rotatable bonds is 3. The molecule has 2 aliphatic rings. The van der Waals surface area contributed by atoms with Crippen LogP contribution in [0.5, 0.6) is 0 Å². The third-order valence-corrected chi connectivity index (χ3v) is 7.32. The maximum absolute atomic E-state index is 13.6. The van der Waals surface area contributed by atoms with Crippen molar-refractivity contribution in [2.45, 2.75) is 32.1 Å². The standard InChI is InChI=1S/C24H19Cl2N3O2S/c1-12-20(23(31)29-24-28-16-5-2-3-8-19(16)32-24)21(14-10-9-13(25)11-15(14)26)22-17(27-12)6-4-7-18(22)30/h2-3,5,8-11,21,27H,4,6-7H2,1H3,(H,28,29,31). The van der Waals surface area contributed by atoms with Crippen LogP contribution in [0.25, 0.3) is 10.2 Å². The predicted molar refractivity (Wildman–Crippen MR) is 129 cm³/mol. The molecule has 1 aliphatic carbocycles. The average molecular weight is 484 g/mol. The third-order valence-electron chi connectivity index (χ3n) is 5.81. The monoisotopic (exact) mass is 483 g/mol. The number of thiazole rings is 1. The highest BCUT2D eigenvalue weighted by Gasteiger charge is 2.39. The fourth-order valence-electron chi connectivity index (χ4n) is 4.42. The molecule has 162 valence electrons. The van der Waals surface area contributed by atoms with Gasteiger partial charge in [-0.2, -0.15) is 0 Å². The summed E-state index contributed by atoms with van der Waals surface area (Å²) in [7, 11) is 0. The van der Waals surface area contributed by atoms with Gasteiger partial charge in [0.25, 0.3) is 5.91 Å². The zero-order valence-electron chi connectivity index (χ0n) is 17.2. The Bertz CT molecular complexity index is 1310. The number of hydrogen-bond acceptors (Lipinski definition) is 5. The fourth-order valence-corrected chi connectivity index (χ4v) is 5.80. The smallest absolute Gasteiger partial charge is 0.256 e. The number of dihydropyridines is 1. The van der Waals surface area contributed by atoms with E-state index in [1.807, 2.05) is 31.2 Å². The van der Waals surface area contributed by atoms with E-state index in [4.69, 9.17) is 23.2 Å². The number of fused-ring (bicyclic) bond motifs is 1. The van der Waals surface area contributed by atoms with Crippen LogP contribution in [0, 0.1) is 0 Å². The van der Waals surface area contributed by atoms with Crippen molar-refractivity contribution in [3.63, 3.8) is 0 Å². The summed E-state index contributed by atoms with van der Waals surface area (Å²) in [6.07, 6.45) is 1.99. The lowest BCUT2D eigenvalue weighted by Crippen LogP contribution is -2.35. The van der Waals surface area contributed by atoms with Crippen molar-refractivity contribution in [3.8, 4) is 0 Å². The van der Waals surface area contributed by atoms with Gasteiger partial charge in [-0.25, -0.2) is 4.98 Å². The van der Waals surface area contributed by atoms with E-state index in [9.17, 15) is 9.59 Å². The van der Waals surface area contributed by atoms with Crippen molar-refractivity contribution in [3.05, 3.63) is 80.6 Å². The van der Waals surface area contributed by atoms with Crippen LogP contribution in [0.1, 0.15) is 37.7 Å². The van der Waals surface area contributed by atoms with Crippen LogP contribution >= 0.6 is 34.5 Å². The topological polar surface area (TPSA) is 71.1 Å². The first kappa shape index (κ1) is 21.2. The van der Waals surface area contributed by atoms with Gasteiger partial charge in [0, 0.05) is 44.9 Å². The SMILES string of the molecule is CC1=C(C(=O)Nc2nc3ccccc3s2)C(c2ccc(Cl)cc2Cl)C2=C(CCCC2=O)N1. The molecule has 1 unspecified atom stereocenters. The van der Waals surface area contributed by atoms with E-state index in [0.29, 0.717) is 44.0 Å². The number of anilines is 1. The number of nitrogens with one attached hydrogen (secondary N) is 2. The minimum absolute atomic E-state index is 0.0348. The lowest BCUT2D eigenvalue weighted by Gasteiger charge is -2.34. The summed E-state index contributed by atoms with van der Waals surface area (Å²) < 4.78 is 0.986. The number of carbonyl (C=O) groups excluding carboxylic acids is 2. The molecule has 5 nitrogen and oxygen atoms in total. The number of aromatic nitrogens is 1. The van der Waals surface area contributed by atoms with Gasteiger partial charge >= 0.3 is 0 Å². The molecule has 0 saturated heterocycles. The first-order valence-corrected chi connectivity index (χ1v) is 11.9. The Kier molecular flexibility index (Phi) is 5.53. The quantitative estimate of drug-likeness (QED) is 0.464. The van der Waals surface area contributed by atoms with Crippen LogP contribution in [0.15, 0.2) is 65.0 Å². The van der Waals surface area contributed by atoms with Gasteiger partial charge in [-0.15, -0.1) is 0 Å². The molecule has 0 fully saturated rings. The number of Topliss-reactive ketones (excluding diaryl/α,β-unsaturated/α-hetero) is 1. The Morgan fingerprint density at radius 3 is 2.78 bits per heavy atom. The molecule has 1 amide bonds. The Morgan fingerprint density at radius 1 is 1.19 bits per heavy atom. The number of hydrogen-bond donors (Lipinski definition) is 2. The van der Waals surface area contributed by atoms with E-state index in [2.05, 4.69) is 15.6 Å². The summed E-state index contributed by atoms with van der Waals surface area (Å²) in [5.41, 5.74) is 4.15. The molecule has 32 heavy (non-hydrogen) atoms. The molecule has 2 heterocycles. The first-order valence-electron chi connectivity index (χ1n) is 10.3. The molecule has 5 rings (SSSR count). The number of para-hydroxylation sites is 1. The molecule has 1 aliphatic heterocycles. The molecule has 2 aromatic carbocycles. The number of amides is 1. The molecule has 0 bridgehead atoms. The van der Waals surface area contributed by atoms with Crippen LogP contribution in [-0.4, -0.2) is 16.7 Å². The lowest BCUT2D eigenvalue weighted by molar-refractivity contribution is -0.116. The van der Waals surface area contributed by atoms with Crippen molar-refractivity contribution < 1.29 is 9.59 Å². The minimum atomic E-state index is -0.571. The summed E-state index contributed by atoms with van der Waals surface area (Å²) in [4.78, 5) is 31.1. The number of allylic oxidation sites excluding steroid dienone is 3. The third kappa shape index (κ3) is 3.72. The molecule has 2 N–H and O–H groups in total. The Labute approximate surface area is 199 Å².